The molecule has 2 rings (SSSR count). The molecule has 0 radical (unpaired) electrons. The van der Waals surface area contributed by atoms with Gasteiger partial charge in [-0.05, 0) is 34.3 Å². The number of hydrogen-bond donors (Lipinski definition) is 0. The van der Waals surface area contributed by atoms with E-state index in [9.17, 15) is 0 Å². The lowest BCUT2D eigenvalue weighted by Gasteiger charge is -2.30. The first-order valence-electron chi connectivity index (χ1n) is 5.70. The smallest absolute Gasteiger partial charge is 0.171 e. The van der Waals surface area contributed by atoms with E-state index >= 15 is 0 Å². The molecule has 0 aromatic carbocycles. The van der Waals surface area contributed by atoms with Crippen molar-refractivity contribution in [3.63, 3.8) is 0 Å². The Kier molecular flexibility index (Phi) is 3.69. The maximum Gasteiger partial charge on any atom is 0.171 e. The second-order valence-corrected chi connectivity index (χ2v) is 5.41. The number of halogens is 1. The fraction of sp³-hybridized carbons (Fsp3) is 0.583. The Hall–Kier alpha value is -0.770. The van der Waals surface area contributed by atoms with E-state index in [0.717, 1.165) is 41.7 Å². The van der Waals surface area contributed by atoms with E-state index in [0.29, 0.717) is 0 Å². The van der Waals surface area contributed by atoms with Crippen LogP contribution in [0.4, 0.5) is 5.82 Å². The molecule has 88 valence electrons. The lowest BCUT2D eigenvalue weighted by Crippen LogP contribution is -2.34. The van der Waals surface area contributed by atoms with Crippen molar-refractivity contribution in [2.75, 3.05) is 24.6 Å². The Balaban J connectivity index is 2.13. The highest BCUT2D eigenvalue weighted by Gasteiger charge is 2.19. The fourth-order valence-corrected chi connectivity index (χ4v) is 2.07. The highest BCUT2D eigenvalue weighted by atomic mass is 79.9. The second kappa shape index (κ2) is 5.04. The van der Waals surface area contributed by atoms with Gasteiger partial charge in [0, 0.05) is 17.2 Å². The summed E-state index contributed by atoms with van der Waals surface area (Å²) in [7, 11) is 0. The van der Waals surface area contributed by atoms with E-state index in [4.69, 9.17) is 4.74 Å². The van der Waals surface area contributed by atoms with Gasteiger partial charge in [-0.15, -0.1) is 0 Å². The molecule has 1 aromatic heterocycles. The number of nitrogens with zero attached hydrogens (tertiary/aromatic N) is 2. The summed E-state index contributed by atoms with van der Waals surface area (Å²) < 4.78 is 6.58. The predicted molar refractivity (Wildman–Crippen MR) is 69.1 cm³/mol. The SMILES string of the molecule is CC(C)CCN1CCOc2cc(Br)cnc21. The van der Waals surface area contributed by atoms with Crippen molar-refractivity contribution in [2.24, 2.45) is 5.92 Å². The van der Waals surface area contributed by atoms with Crippen molar-refractivity contribution in [2.45, 2.75) is 20.3 Å². The van der Waals surface area contributed by atoms with Crippen molar-refractivity contribution in [3.8, 4) is 5.75 Å². The predicted octanol–water partition coefficient (Wildman–Crippen LogP) is 3.09. The van der Waals surface area contributed by atoms with Gasteiger partial charge in [-0.3, -0.25) is 0 Å². The van der Waals surface area contributed by atoms with Crippen LogP contribution in [0, 0.1) is 5.92 Å². The average molecular weight is 285 g/mol. The summed E-state index contributed by atoms with van der Waals surface area (Å²) in [5.74, 6) is 2.60. The summed E-state index contributed by atoms with van der Waals surface area (Å²) in [5, 5.41) is 0. The first-order chi connectivity index (χ1) is 7.66. The molecule has 2 heterocycles. The summed E-state index contributed by atoms with van der Waals surface area (Å²) in [6.07, 6.45) is 3.02. The molecular weight excluding hydrogens is 268 g/mol. The Morgan fingerprint density at radius 1 is 1.56 bits per heavy atom. The van der Waals surface area contributed by atoms with Crippen LogP contribution >= 0.6 is 15.9 Å². The van der Waals surface area contributed by atoms with Crippen LogP contribution in [0.3, 0.4) is 0 Å². The van der Waals surface area contributed by atoms with Crippen LogP contribution in [0.15, 0.2) is 16.7 Å². The van der Waals surface area contributed by atoms with Gasteiger partial charge in [0.25, 0.3) is 0 Å². The molecule has 0 saturated carbocycles. The van der Waals surface area contributed by atoms with Crippen LogP contribution in [0.25, 0.3) is 0 Å². The third kappa shape index (κ3) is 2.67. The van der Waals surface area contributed by atoms with E-state index in [-0.39, 0.29) is 0 Å². The standard InChI is InChI=1S/C12H17BrN2O/c1-9(2)3-4-15-5-6-16-11-7-10(13)8-14-12(11)15/h7-9H,3-6H2,1-2H3. The number of anilines is 1. The normalized spacial score (nSPS) is 14.9. The summed E-state index contributed by atoms with van der Waals surface area (Å²) in [4.78, 5) is 6.74. The van der Waals surface area contributed by atoms with Gasteiger partial charge in [0.2, 0.25) is 0 Å². The van der Waals surface area contributed by atoms with Crippen LogP contribution in [0.2, 0.25) is 0 Å². The topological polar surface area (TPSA) is 25.4 Å². The van der Waals surface area contributed by atoms with Crippen molar-refractivity contribution in [1.29, 1.82) is 0 Å². The zero-order valence-corrected chi connectivity index (χ0v) is 11.3. The summed E-state index contributed by atoms with van der Waals surface area (Å²) >= 11 is 3.41. The van der Waals surface area contributed by atoms with Gasteiger partial charge < -0.3 is 9.64 Å². The second-order valence-electron chi connectivity index (χ2n) is 4.49. The first kappa shape index (κ1) is 11.7. The minimum Gasteiger partial charge on any atom is -0.488 e. The quantitative estimate of drug-likeness (QED) is 0.853. The number of ether oxygens (including phenoxy) is 1. The zero-order valence-electron chi connectivity index (χ0n) is 9.74. The van der Waals surface area contributed by atoms with E-state index in [1.807, 2.05) is 12.3 Å². The Bertz CT molecular complexity index is 368. The van der Waals surface area contributed by atoms with E-state index in [1.54, 1.807) is 0 Å². The number of rotatable bonds is 3. The Morgan fingerprint density at radius 2 is 2.38 bits per heavy atom. The molecular formula is C12H17BrN2O. The molecule has 0 spiro atoms. The van der Waals surface area contributed by atoms with Crippen LogP contribution < -0.4 is 9.64 Å². The molecule has 1 aromatic rings. The maximum absolute atomic E-state index is 5.61. The molecule has 1 aliphatic rings. The molecule has 0 atom stereocenters. The molecule has 0 aliphatic carbocycles. The van der Waals surface area contributed by atoms with Crippen molar-refractivity contribution in [3.05, 3.63) is 16.7 Å². The van der Waals surface area contributed by atoms with E-state index < -0.39 is 0 Å². The third-order valence-electron chi connectivity index (χ3n) is 2.69. The van der Waals surface area contributed by atoms with Gasteiger partial charge in [-0.1, -0.05) is 13.8 Å². The fourth-order valence-electron chi connectivity index (χ4n) is 1.76. The number of hydrogen-bond acceptors (Lipinski definition) is 3. The van der Waals surface area contributed by atoms with Gasteiger partial charge in [-0.2, -0.15) is 0 Å². The average Bonchev–Trinajstić information content (AvgIpc) is 2.25. The van der Waals surface area contributed by atoms with Crippen LogP contribution in [0.1, 0.15) is 20.3 Å². The number of fused-ring (bicyclic) bond motifs is 1. The Morgan fingerprint density at radius 3 is 3.12 bits per heavy atom. The van der Waals surface area contributed by atoms with Gasteiger partial charge in [0.05, 0.1) is 6.54 Å². The zero-order chi connectivity index (χ0) is 11.5. The minimum absolute atomic E-state index is 0.724. The summed E-state index contributed by atoms with van der Waals surface area (Å²) in [5.41, 5.74) is 0. The minimum atomic E-state index is 0.724. The van der Waals surface area contributed by atoms with Crippen molar-refractivity contribution in [1.82, 2.24) is 4.98 Å². The van der Waals surface area contributed by atoms with Crippen LogP contribution in [-0.4, -0.2) is 24.7 Å². The van der Waals surface area contributed by atoms with Gasteiger partial charge in [0.1, 0.15) is 6.61 Å². The third-order valence-corrected chi connectivity index (χ3v) is 3.13. The first-order valence-corrected chi connectivity index (χ1v) is 6.49. The van der Waals surface area contributed by atoms with Gasteiger partial charge in [-0.25, -0.2) is 4.98 Å². The monoisotopic (exact) mass is 284 g/mol. The van der Waals surface area contributed by atoms with Gasteiger partial charge >= 0.3 is 0 Å². The molecule has 0 fully saturated rings. The highest BCUT2D eigenvalue weighted by molar-refractivity contribution is 9.10. The van der Waals surface area contributed by atoms with E-state index in [1.165, 1.54) is 6.42 Å². The maximum atomic E-state index is 5.61. The molecule has 0 amide bonds. The summed E-state index contributed by atoms with van der Waals surface area (Å²) in [6.45, 7) is 7.24. The largest absolute Gasteiger partial charge is 0.488 e. The molecule has 3 nitrogen and oxygen atoms in total. The Labute approximate surface area is 105 Å². The van der Waals surface area contributed by atoms with E-state index in [2.05, 4.69) is 39.7 Å². The number of pyridine rings is 1. The van der Waals surface area contributed by atoms with Crippen LogP contribution in [-0.2, 0) is 0 Å². The lowest BCUT2D eigenvalue weighted by molar-refractivity contribution is 0.303. The molecule has 0 unspecified atom stereocenters. The van der Waals surface area contributed by atoms with Crippen LogP contribution in [0.5, 0.6) is 5.75 Å². The number of aromatic nitrogens is 1. The van der Waals surface area contributed by atoms with Crippen molar-refractivity contribution >= 4 is 21.7 Å². The molecule has 16 heavy (non-hydrogen) atoms. The van der Waals surface area contributed by atoms with Crippen molar-refractivity contribution < 1.29 is 4.74 Å². The molecule has 4 heteroatoms. The molecule has 0 bridgehead atoms. The summed E-state index contributed by atoms with van der Waals surface area (Å²) in [6, 6.07) is 1.99. The highest BCUT2D eigenvalue weighted by Crippen LogP contribution is 2.31. The van der Waals surface area contributed by atoms with Gasteiger partial charge in [0.15, 0.2) is 11.6 Å². The lowest BCUT2D eigenvalue weighted by atomic mass is 10.1. The molecule has 1 aliphatic heterocycles. The molecule has 0 saturated heterocycles. The molecule has 0 N–H and O–H groups in total.